The Balaban J connectivity index is 1.13. The maximum absolute atomic E-state index is 12.5. The van der Waals surface area contributed by atoms with Gasteiger partial charge in [-0.25, -0.2) is 0 Å². The summed E-state index contributed by atoms with van der Waals surface area (Å²) in [6, 6.07) is 3.97. The lowest BCUT2D eigenvalue weighted by molar-refractivity contribution is -0.133. The summed E-state index contributed by atoms with van der Waals surface area (Å²) in [4.78, 5) is 26.6. The number of aryl methyl sites for hydroxylation is 3. The van der Waals surface area contributed by atoms with Gasteiger partial charge in [-0.2, -0.15) is 9.97 Å². The van der Waals surface area contributed by atoms with Crippen molar-refractivity contribution in [3.63, 3.8) is 0 Å². The first kappa shape index (κ1) is 21.6. The summed E-state index contributed by atoms with van der Waals surface area (Å²) >= 11 is 1.61. The molecule has 4 heterocycles. The Hall–Kier alpha value is -2.59. The van der Waals surface area contributed by atoms with Gasteiger partial charge in [0, 0.05) is 51.9 Å². The minimum absolute atomic E-state index is 0.154. The van der Waals surface area contributed by atoms with E-state index in [1.165, 1.54) is 0 Å². The van der Waals surface area contributed by atoms with Crippen molar-refractivity contribution in [3.05, 3.63) is 35.1 Å². The van der Waals surface area contributed by atoms with Gasteiger partial charge in [0.25, 0.3) is 0 Å². The van der Waals surface area contributed by atoms with Gasteiger partial charge in [0.1, 0.15) is 0 Å². The van der Waals surface area contributed by atoms with E-state index in [9.17, 15) is 4.79 Å². The van der Waals surface area contributed by atoms with Gasteiger partial charge >= 0.3 is 0 Å². The van der Waals surface area contributed by atoms with Crippen LogP contribution in [0.5, 0.6) is 0 Å². The van der Waals surface area contributed by atoms with Crippen LogP contribution in [-0.4, -0.2) is 68.7 Å². The molecular weight excluding hydrogens is 416 g/mol. The van der Waals surface area contributed by atoms with Crippen LogP contribution in [0.3, 0.4) is 0 Å². The van der Waals surface area contributed by atoms with Gasteiger partial charge < -0.3 is 13.9 Å². The fraction of sp³-hybridized carbons (Fsp3) is 0.571. The Morgan fingerprint density at radius 3 is 2.65 bits per heavy atom. The number of hydrogen-bond acceptors (Lipinski definition) is 9. The minimum Gasteiger partial charge on any atom is -0.340 e. The van der Waals surface area contributed by atoms with Crippen LogP contribution in [-0.2, 0) is 24.1 Å². The molecule has 3 aromatic heterocycles. The summed E-state index contributed by atoms with van der Waals surface area (Å²) in [6.45, 7) is 6.32. The van der Waals surface area contributed by atoms with Gasteiger partial charge in [-0.3, -0.25) is 9.69 Å². The van der Waals surface area contributed by atoms with Crippen molar-refractivity contribution in [2.24, 2.45) is 0 Å². The Morgan fingerprint density at radius 2 is 1.87 bits per heavy atom. The van der Waals surface area contributed by atoms with Crippen LogP contribution in [0.2, 0.25) is 0 Å². The molecule has 0 aliphatic carbocycles. The van der Waals surface area contributed by atoms with Crippen molar-refractivity contribution >= 4 is 17.2 Å². The highest BCUT2D eigenvalue weighted by atomic mass is 32.1. The third kappa shape index (κ3) is 5.98. The maximum atomic E-state index is 12.5. The molecule has 0 unspecified atom stereocenters. The topological polar surface area (TPSA) is 101 Å². The van der Waals surface area contributed by atoms with E-state index in [1.807, 2.05) is 22.4 Å². The Labute approximate surface area is 185 Å². The van der Waals surface area contributed by atoms with Crippen molar-refractivity contribution < 1.29 is 13.8 Å². The van der Waals surface area contributed by atoms with E-state index in [-0.39, 0.29) is 5.91 Å². The van der Waals surface area contributed by atoms with Gasteiger partial charge in [-0.1, -0.05) is 23.3 Å². The molecule has 3 aromatic rings. The van der Waals surface area contributed by atoms with Crippen molar-refractivity contribution in [3.8, 4) is 10.7 Å². The molecule has 1 aliphatic heterocycles. The van der Waals surface area contributed by atoms with E-state index in [1.54, 1.807) is 11.3 Å². The summed E-state index contributed by atoms with van der Waals surface area (Å²) in [5.74, 6) is 2.78. The molecule has 166 valence electrons. The maximum Gasteiger partial charge on any atom is 0.227 e. The summed E-state index contributed by atoms with van der Waals surface area (Å²) in [5, 5.41) is 10.00. The molecule has 1 aliphatic rings. The molecule has 1 saturated heterocycles. The molecule has 10 heteroatoms. The largest absolute Gasteiger partial charge is 0.340 e. The number of thiophene rings is 1. The van der Waals surface area contributed by atoms with Crippen LogP contribution < -0.4 is 0 Å². The fourth-order valence-corrected chi connectivity index (χ4v) is 4.28. The highest BCUT2D eigenvalue weighted by Crippen LogP contribution is 2.21. The molecule has 0 bridgehead atoms. The number of aromatic nitrogens is 4. The van der Waals surface area contributed by atoms with E-state index < -0.39 is 0 Å². The fourth-order valence-electron chi connectivity index (χ4n) is 3.63. The third-order valence-corrected chi connectivity index (χ3v) is 6.20. The van der Waals surface area contributed by atoms with Gasteiger partial charge in [-0.05, 0) is 30.8 Å². The first-order chi connectivity index (χ1) is 15.2. The first-order valence-corrected chi connectivity index (χ1v) is 11.8. The van der Waals surface area contributed by atoms with E-state index in [0.717, 1.165) is 69.1 Å². The summed E-state index contributed by atoms with van der Waals surface area (Å²) in [6.07, 6.45) is 4.43. The minimum atomic E-state index is 0.154. The molecule has 0 aromatic carbocycles. The number of piperazine rings is 1. The summed E-state index contributed by atoms with van der Waals surface area (Å²) in [7, 11) is 0. The zero-order chi connectivity index (χ0) is 21.5. The molecule has 0 radical (unpaired) electrons. The number of hydrogen-bond donors (Lipinski definition) is 0. The molecule has 9 nitrogen and oxygen atoms in total. The smallest absolute Gasteiger partial charge is 0.227 e. The van der Waals surface area contributed by atoms with Gasteiger partial charge in [-0.15, -0.1) is 11.3 Å². The Morgan fingerprint density at radius 1 is 1.06 bits per heavy atom. The lowest BCUT2D eigenvalue weighted by Crippen LogP contribution is -2.48. The quantitative estimate of drug-likeness (QED) is 0.470. The van der Waals surface area contributed by atoms with Crippen molar-refractivity contribution in [1.29, 1.82) is 0 Å². The molecule has 0 atom stereocenters. The van der Waals surface area contributed by atoms with E-state index in [2.05, 4.69) is 32.1 Å². The zero-order valence-electron chi connectivity index (χ0n) is 17.8. The second-order valence-electron chi connectivity index (χ2n) is 7.67. The second-order valence-corrected chi connectivity index (χ2v) is 8.62. The normalized spacial score (nSPS) is 14.9. The standard InChI is InChI=1S/C21H28N6O3S/c1-2-5-17-22-19(29-24-17)8-9-20(28)27-13-11-26(12-14-27)10-3-7-18-23-21(25-30-18)16-6-4-15-31-16/h4,6,15H,2-3,5,7-14H2,1H3. The molecule has 0 N–H and O–H groups in total. The lowest BCUT2D eigenvalue weighted by Gasteiger charge is -2.34. The average Bonchev–Trinajstić information content (AvgIpc) is 3.55. The number of rotatable bonds is 10. The highest BCUT2D eigenvalue weighted by molar-refractivity contribution is 7.13. The van der Waals surface area contributed by atoms with Gasteiger partial charge in [0.2, 0.25) is 23.5 Å². The molecule has 1 amide bonds. The van der Waals surface area contributed by atoms with Crippen LogP contribution in [0.4, 0.5) is 0 Å². The monoisotopic (exact) mass is 444 g/mol. The van der Waals surface area contributed by atoms with Crippen LogP contribution in [0.25, 0.3) is 10.7 Å². The van der Waals surface area contributed by atoms with E-state index in [4.69, 9.17) is 9.05 Å². The average molecular weight is 445 g/mol. The first-order valence-electron chi connectivity index (χ1n) is 10.9. The molecular formula is C21H28N6O3S. The molecule has 0 spiro atoms. The van der Waals surface area contributed by atoms with E-state index in [0.29, 0.717) is 30.4 Å². The predicted molar refractivity (Wildman–Crippen MR) is 116 cm³/mol. The number of carbonyl (C=O) groups is 1. The summed E-state index contributed by atoms with van der Waals surface area (Å²) in [5.41, 5.74) is 0. The van der Waals surface area contributed by atoms with Crippen LogP contribution in [0.1, 0.15) is 43.8 Å². The van der Waals surface area contributed by atoms with Crippen molar-refractivity contribution in [2.45, 2.75) is 45.4 Å². The third-order valence-electron chi connectivity index (χ3n) is 5.34. The van der Waals surface area contributed by atoms with Crippen LogP contribution in [0.15, 0.2) is 26.6 Å². The Kier molecular flexibility index (Phi) is 7.42. The molecule has 31 heavy (non-hydrogen) atoms. The Bertz CT molecular complexity index is 946. The van der Waals surface area contributed by atoms with Crippen molar-refractivity contribution in [1.82, 2.24) is 30.1 Å². The van der Waals surface area contributed by atoms with E-state index >= 15 is 0 Å². The molecule has 0 saturated carbocycles. The predicted octanol–water partition coefficient (Wildman–Crippen LogP) is 2.84. The molecule has 4 rings (SSSR count). The van der Waals surface area contributed by atoms with Crippen LogP contribution in [0, 0.1) is 0 Å². The SMILES string of the molecule is CCCc1noc(CCC(=O)N2CCN(CCCc3nc(-c4cccs4)no3)CC2)n1. The zero-order valence-corrected chi connectivity index (χ0v) is 18.6. The van der Waals surface area contributed by atoms with Gasteiger partial charge in [0.05, 0.1) is 4.88 Å². The lowest BCUT2D eigenvalue weighted by atomic mass is 10.2. The van der Waals surface area contributed by atoms with Crippen molar-refractivity contribution in [2.75, 3.05) is 32.7 Å². The number of carbonyl (C=O) groups excluding carboxylic acids is 1. The van der Waals surface area contributed by atoms with Crippen LogP contribution >= 0.6 is 11.3 Å². The number of nitrogens with zero attached hydrogens (tertiary/aromatic N) is 6. The molecule has 1 fully saturated rings. The number of amides is 1. The highest BCUT2D eigenvalue weighted by Gasteiger charge is 2.21. The second kappa shape index (κ2) is 10.6. The van der Waals surface area contributed by atoms with Gasteiger partial charge in [0.15, 0.2) is 5.82 Å². The summed E-state index contributed by atoms with van der Waals surface area (Å²) < 4.78 is 10.6.